The molecule has 2 rings (SSSR count). The summed E-state index contributed by atoms with van der Waals surface area (Å²) in [5.74, 6) is -0.218. The van der Waals surface area contributed by atoms with E-state index in [0.29, 0.717) is 38.2 Å². The van der Waals surface area contributed by atoms with Gasteiger partial charge in [-0.15, -0.1) is 0 Å². The maximum atomic E-state index is 12.5. The molecule has 0 unspecified atom stereocenters. The Morgan fingerprint density at radius 1 is 1.00 bits per heavy atom. The first-order chi connectivity index (χ1) is 11.3. The fourth-order valence-electron chi connectivity index (χ4n) is 2.51. The summed E-state index contributed by atoms with van der Waals surface area (Å²) >= 11 is 0. The van der Waals surface area contributed by atoms with Gasteiger partial charge in [-0.05, 0) is 30.2 Å². The molecule has 130 valence electrons. The van der Waals surface area contributed by atoms with Crippen LogP contribution in [0.15, 0.2) is 30.3 Å². The third-order valence-electron chi connectivity index (χ3n) is 3.91. The molecule has 0 spiro atoms. The smallest absolute Gasteiger partial charge is 0.341 e. The Bertz CT molecular complexity index is 624. The van der Waals surface area contributed by atoms with Gasteiger partial charge in [-0.2, -0.15) is 13.2 Å². The molecule has 7 heteroatoms. The SMILES string of the molecule is CC(=O)N1CCCN(C(=O)/C=C/c2ccc(C(F)(F)F)cc2)CC1. The first kappa shape index (κ1) is 18.0. The van der Waals surface area contributed by atoms with Gasteiger partial charge in [0.15, 0.2) is 0 Å². The zero-order chi connectivity index (χ0) is 17.7. The third kappa shape index (κ3) is 4.84. The number of amides is 2. The molecule has 0 aromatic heterocycles. The van der Waals surface area contributed by atoms with Crippen LogP contribution in [0.2, 0.25) is 0 Å². The highest BCUT2D eigenvalue weighted by molar-refractivity contribution is 5.91. The molecule has 0 N–H and O–H groups in total. The van der Waals surface area contributed by atoms with Crippen LogP contribution >= 0.6 is 0 Å². The number of benzene rings is 1. The highest BCUT2D eigenvalue weighted by Gasteiger charge is 2.29. The molecular formula is C17H19F3N2O2. The molecule has 1 aliphatic heterocycles. The van der Waals surface area contributed by atoms with Crippen LogP contribution < -0.4 is 0 Å². The van der Waals surface area contributed by atoms with Crippen LogP contribution in [0.3, 0.4) is 0 Å². The van der Waals surface area contributed by atoms with Gasteiger partial charge >= 0.3 is 6.18 Å². The summed E-state index contributed by atoms with van der Waals surface area (Å²) in [5, 5.41) is 0. The van der Waals surface area contributed by atoms with Crippen molar-refractivity contribution in [2.75, 3.05) is 26.2 Å². The molecule has 0 aliphatic carbocycles. The lowest BCUT2D eigenvalue weighted by Crippen LogP contribution is -2.35. The number of hydrogen-bond donors (Lipinski definition) is 0. The Kier molecular flexibility index (Phi) is 5.64. The van der Waals surface area contributed by atoms with Gasteiger partial charge in [0.1, 0.15) is 0 Å². The van der Waals surface area contributed by atoms with E-state index < -0.39 is 11.7 Å². The molecule has 1 saturated heterocycles. The van der Waals surface area contributed by atoms with Crippen LogP contribution in [-0.4, -0.2) is 47.8 Å². The second-order valence-electron chi connectivity index (χ2n) is 5.64. The number of halogens is 3. The molecule has 0 radical (unpaired) electrons. The largest absolute Gasteiger partial charge is 0.416 e. The van der Waals surface area contributed by atoms with E-state index in [1.807, 2.05) is 0 Å². The topological polar surface area (TPSA) is 40.6 Å². The Morgan fingerprint density at radius 3 is 2.17 bits per heavy atom. The van der Waals surface area contributed by atoms with Crippen LogP contribution in [-0.2, 0) is 15.8 Å². The fourth-order valence-corrected chi connectivity index (χ4v) is 2.51. The zero-order valence-corrected chi connectivity index (χ0v) is 13.3. The van der Waals surface area contributed by atoms with Gasteiger partial charge < -0.3 is 9.80 Å². The van der Waals surface area contributed by atoms with E-state index in [0.717, 1.165) is 12.1 Å². The first-order valence-corrected chi connectivity index (χ1v) is 7.67. The van der Waals surface area contributed by atoms with Crippen molar-refractivity contribution in [3.05, 3.63) is 41.5 Å². The van der Waals surface area contributed by atoms with Crippen molar-refractivity contribution in [2.24, 2.45) is 0 Å². The monoisotopic (exact) mass is 340 g/mol. The van der Waals surface area contributed by atoms with Crippen molar-refractivity contribution in [1.29, 1.82) is 0 Å². The summed E-state index contributed by atoms with van der Waals surface area (Å²) in [6, 6.07) is 4.63. The molecule has 1 fully saturated rings. The summed E-state index contributed by atoms with van der Waals surface area (Å²) in [5.41, 5.74) is -0.195. The van der Waals surface area contributed by atoms with Crippen LogP contribution in [0.5, 0.6) is 0 Å². The lowest BCUT2D eigenvalue weighted by atomic mass is 10.1. The molecule has 24 heavy (non-hydrogen) atoms. The van der Waals surface area contributed by atoms with Crippen molar-refractivity contribution in [3.63, 3.8) is 0 Å². The minimum atomic E-state index is -4.37. The summed E-state index contributed by atoms with van der Waals surface area (Å²) in [6.45, 7) is 3.63. The van der Waals surface area contributed by atoms with E-state index in [-0.39, 0.29) is 11.8 Å². The highest BCUT2D eigenvalue weighted by Crippen LogP contribution is 2.29. The first-order valence-electron chi connectivity index (χ1n) is 7.67. The molecular weight excluding hydrogens is 321 g/mol. The number of carbonyl (C=O) groups is 2. The summed E-state index contributed by atoms with van der Waals surface area (Å²) < 4.78 is 37.5. The number of nitrogens with zero attached hydrogens (tertiary/aromatic N) is 2. The van der Waals surface area contributed by atoms with Gasteiger partial charge in [-0.25, -0.2) is 0 Å². The number of hydrogen-bond acceptors (Lipinski definition) is 2. The van der Waals surface area contributed by atoms with Gasteiger partial charge in [0, 0.05) is 39.2 Å². The van der Waals surface area contributed by atoms with Crippen molar-refractivity contribution in [1.82, 2.24) is 9.80 Å². The van der Waals surface area contributed by atoms with E-state index >= 15 is 0 Å². The summed E-state index contributed by atoms with van der Waals surface area (Å²) in [7, 11) is 0. The summed E-state index contributed by atoms with van der Waals surface area (Å²) in [6.07, 6.45) is -0.811. The van der Waals surface area contributed by atoms with Gasteiger partial charge in [0.05, 0.1) is 5.56 Å². The molecule has 0 atom stereocenters. The molecule has 0 bridgehead atoms. The molecule has 1 aromatic carbocycles. The predicted octanol–water partition coefficient (Wildman–Crippen LogP) is 2.80. The van der Waals surface area contributed by atoms with Gasteiger partial charge in [-0.3, -0.25) is 9.59 Å². The minimum absolute atomic E-state index is 0.00963. The minimum Gasteiger partial charge on any atom is -0.341 e. The van der Waals surface area contributed by atoms with E-state index in [2.05, 4.69) is 0 Å². The van der Waals surface area contributed by atoms with Crippen molar-refractivity contribution in [3.8, 4) is 0 Å². The third-order valence-corrected chi connectivity index (χ3v) is 3.91. The van der Waals surface area contributed by atoms with Crippen LogP contribution in [0.4, 0.5) is 13.2 Å². The predicted molar refractivity (Wildman–Crippen MR) is 83.9 cm³/mol. The second kappa shape index (κ2) is 7.51. The highest BCUT2D eigenvalue weighted by atomic mass is 19.4. The Labute approximate surface area is 138 Å². The average Bonchev–Trinajstić information content (AvgIpc) is 2.78. The number of alkyl halides is 3. The van der Waals surface area contributed by atoms with Gasteiger partial charge in [0.2, 0.25) is 11.8 Å². The van der Waals surface area contributed by atoms with Crippen LogP contribution in [0.1, 0.15) is 24.5 Å². The van der Waals surface area contributed by atoms with Gasteiger partial charge in [-0.1, -0.05) is 12.1 Å². The molecule has 1 heterocycles. The van der Waals surface area contributed by atoms with Crippen molar-refractivity contribution >= 4 is 17.9 Å². The summed E-state index contributed by atoms with van der Waals surface area (Å²) in [4.78, 5) is 26.9. The molecule has 1 aromatic rings. The normalized spacial score (nSPS) is 16.3. The Morgan fingerprint density at radius 2 is 1.58 bits per heavy atom. The second-order valence-corrected chi connectivity index (χ2v) is 5.64. The fraction of sp³-hybridized carbons (Fsp3) is 0.412. The quantitative estimate of drug-likeness (QED) is 0.777. The number of carbonyl (C=O) groups excluding carboxylic acids is 2. The van der Waals surface area contributed by atoms with Crippen molar-refractivity contribution in [2.45, 2.75) is 19.5 Å². The van der Waals surface area contributed by atoms with Gasteiger partial charge in [0.25, 0.3) is 0 Å². The lowest BCUT2D eigenvalue weighted by molar-refractivity contribution is -0.137. The maximum Gasteiger partial charge on any atom is 0.416 e. The van der Waals surface area contributed by atoms with Crippen LogP contribution in [0, 0.1) is 0 Å². The maximum absolute atomic E-state index is 12.5. The molecule has 4 nitrogen and oxygen atoms in total. The molecule has 1 aliphatic rings. The zero-order valence-electron chi connectivity index (χ0n) is 13.3. The standard InChI is InChI=1S/C17H19F3N2O2/c1-13(23)21-9-2-10-22(12-11-21)16(24)8-5-14-3-6-15(7-4-14)17(18,19)20/h3-8H,2,9-12H2,1H3/b8-5+. The van der Waals surface area contributed by atoms with E-state index in [4.69, 9.17) is 0 Å². The van der Waals surface area contributed by atoms with E-state index in [9.17, 15) is 22.8 Å². The molecule has 0 saturated carbocycles. The number of rotatable bonds is 2. The van der Waals surface area contributed by atoms with E-state index in [1.54, 1.807) is 9.80 Å². The molecule has 2 amide bonds. The Hall–Kier alpha value is -2.31. The average molecular weight is 340 g/mol. The Balaban J connectivity index is 1.96. The van der Waals surface area contributed by atoms with E-state index in [1.165, 1.54) is 31.2 Å². The van der Waals surface area contributed by atoms with Crippen LogP contribution in [0.25, 0.3) is 6.08 Å². The van der Waals surface area contributed by atoms with Crippen molar-refractivity contribution < 1.29 is 22.8 Å². The lowest BCUT2D eigenvalue weighted by Gasteiger charge is -2.20.